The standard InChI is InChI=1S/C13H27NO/c1-4-11(2)12-7-5-6-8-13(12)14(3)9-10-15/h11-13,15H,4-10H2,1-3H3. The van der Waals surface area contributed by atoms with Crippen LogP contribution in [0.2, 0.25) is 0 Å². The molecular weight excluding hydrogens is 186 g/mol. The summed E-state index contributed by atoms with van der Waals surface area (Å²) in [4.78, 5) is 2.37. The van der Waals surface area contributed by atoms with Gasteiger partial charge in [0.2, 0.25) is 0 Å². The lowest BCUT2D eigenvalue weighted by molar-refractivity contribution is 0.0788. The van der Waals surface area contributed by atoms with Crippen LogP contribution in [0.5, 0.6) is 0 Å². The molecule has 0 aromatic rings. The Bertz CT molecular complexity index is 172. The molecule has 3 unspecified atom stereocenters. The van der Waals surface area contributed by atoms with Gasteiger partial charge in [0, 0.05) is 12.6 Å². The quantitative estimate of drug-likeness (QED) is 0.758. The minimum atomic E-state index is 0.292. The van der Waals surface area contributed by atoms with E-state index in [9.17, 15) is 0 Å². The van der Waals surface area contributed by atoms with Crippen molar-refractivity contribution in [1.82, 2.24) is 4.90 Å². The number of likely N-dealkylation sites (N-methyl/N-ethyl adjacent to an activating group) is 1. The van der Waals surface area contributed by atoms with E-state index >= 15 is 0 Å². The van der Waals surface area contributed by atoms with Crippen LogP contribution in [0.3, 0.4) is 0 Å². The van der Waals surface area contributed by atoms with Gasteiger partial charge in [-0.1, -0.05) is 33.1 Å². The molecule has 1 saturated carbocycles. The molecule has 0 aliphatic heterocycles. The van der Waals surface area contributed by atoms with Gasteiger partial charge < -0.3 is 10.0 Å². The number of nitrogens with zero attached hydrogens (tertiary/aromatic N) is 1. The predicted molar refractivity (Wildman–Crippen MR) is 64.9 cm³/mol. The third kappa shape index (κ3) is 3.46. The van der Waals surface area contributed by atoms with Gasteiger partial charge in [-0.15, -0.1) is 0 Å². The van der Waals surface area contributed by atoms with E-state index in [1.54, 1.807) is 0 Å². The highest BCUT2D eigenvalue weighted by Gasteiger charge is 2.30. The predicted octanol–water partition coefficient (Wildman–Crippen LogP) is 2.52. The van der Waals surface area contributed by atoms with Crippen molar-refractivity contribution in [2.75, 3.05) is 20.2 Å². The van der Waals surface area contributed by atoms with E-state index in [0.717, 1.165) is 18.4 Å². The first kappa shape index (κ1) is 13.0. The summed E-state index contributed by atoms with van der Waals surface area (Å²) in [6.07, 6.45) is 6.76. The summed E-state index contributed by atoms with van der Waals surface area (Å²) in [5, 5.41) is 9.01. The van der Waals surface area contributed by atoms with Gasteiger partial charge >= 0.3 is 0 Å². The van der Waals surface area contributed by atoms with Crippen LogP contribution in [0.4, 0.5) is 0 Å². The third-order valence-electron chi connectivity index (χ3n) is 4.18. The summed E-state index contributed by atoms with van der Waals surface area (Å²) in [6, 6.07) is 0.709. The highest BCUT2D eigenvalue weighted by molar-refractivity contribution is 4.84. The van der Waals surface area contributed by atoms with Crippen LogP contribution in [-0.4, -0.2) is 36.2 Å². The van der Waals surface area contributed by atoms with Crippen molar-refractivity contribution in [2.24, 2.45) is 11.8 Å². The molecule has 1 aliphatic carbocycles. The molecule has 0 amide bonds. The first-order chi connectivity index (χ1) is 7.20. The molecular formula is C13H27NO. The Labute approximate surface area is 94.7 Å². The Hall–Kier alpha value is -0.0800. The normalized spacial score (nSPS) is 29.4. The van der Waals surface area contributed by atoms with Crippen LogP contribution in [-0.2, 0) is 0 Å². The minimum Gasteiger partial charge on any atom is -0.395 e. The average Bonchev–Trinajstić information content (AvgIpc) is 2.28. The lowest BCUT2D eigenvalue weighted by atomic mass is 9.75. The average molecular weight is 213 g/mol. The van der Waals surface area contributed by atoms with Gasteiger partial charge in [0.05, 0.1) is 6.61 Å². The molecule has 0 spiro atoms. The molecule has 1 aliphatic rings. The molecule has 2 heteroatoms. The van der Waals surface area contributed by atoms with Crippen LogP contribution in [0.1, 0.15) is 46.0 Å². The summed E-state index contributed by atoms with van der Waals surface area (Å²) in [5.74, 6) is 1.68. The highest BCUT2D eigenvalue weighted by atomic mass is 16.3. The molecule has 1 fully saturated rings. The molecule has 0 bridgehead atoms. The van der Waals surface area contributed by atoms with Gasteiger partial charge in [-0.2, -0.15) is 0 Å². The second-order valence-electron chi connectivity index (χ2n) is 5.11. The van der Waals surface area contributed by atoms with Crippen molar-refractivity contribution in [3.05, 3.63) is 0 Å². The summed E-state index contributed by atoms with van der Waals surface area (Å²) in [5.41, 5.74) is 0. The molecule has 0 aromatic heterocycles. The Morgan fingerprint density at radius 2 is 2.00 bits per heavy atom. The van der Waals surface area contributed by atoms with E-state index in [1.165, 1.54) is 32.1 Å². The maximum Gasteiger partial charge on any atom is 0.0558 e. The minimum absolute atomic E-state index is 0.292. The number of hydrogen-bond acceptors (Lipinski definition) is 2. The number of hydrogen-bond donors (Lipinski definition) is 1. The van der Waals surface area contributed by atoms with Gasteiger partial charge in [0.25, 0.3) is 0 Å². The van der Waals surface area contributed by atoms with Crippen LogP contribution < -0.4 is 0 Å². The Balaban J connectivity index is 2.56. The molecule has 90 valence electrons. The van der Waals surface area contributed by atoms with Crippen molar-refractivity contribution >= 4 is 0 Å². The van der Waals surface area contributed by atoms with Crippen LogP contribution in [0.15, 0.2) is 0 Å². The van der Waals surface area contributed by atoms with Gasteiger partial charge in [0.1, 0.15) is 0 Å². The smallest absolute Gasteiger partial charge is 0.0558 e. The Kier molecular flexibility index (Phi) is 5.62. The summed E-state index contributed by atoms with van der Waals surface area (Å²) >= 11 is 0. The van der Waals surface area contributed by atoms with E-state index in [4.69, 9.17) is 5.11 Å². The van der Waals surface area contributed by atoms with E-state index in [0.29, 0.717) is 12.6 Å². The SMILES string of the molecule is CCC(C)C1CCCCC1N(C)CCO. The number of rotatable bonds is 5. The zero-order valence-electron chi connectivity index (χ0n) is 10.6. The van der Waals surface area contributed by atoms with Crippen molar-refractivity contribution < 1.29 is 5.11 Å². The zero-order chi connectivity index (χ0) is 11.3. The highest BCUT2D eigenvalue weighted by Crippen LogP contribution is 2.34. The Morgan fingerprint density at radius 3 is 2.60 bits per heavy atom. The van der Waals surface area contributed by atoms with Crippen molar-refractivity contribution in [3.63, 3.8) is 0 Å². The monoisotopic (exact) mass is 213 g/mol. The molecule has 1 rings (SSSR count). The largest absolute Gasteiger partial charge is 0.395 e. The second kappa shape index (κ2) is 6.49. The van der Waals surface area contributed by atoms with E-state index < -0.39 is 0 Å². The van der Waals surface area contributed by atoms with E-state index in [-0.39, 0.29) is 0 Å². The molecule has 0 saturated heterocycles. The molecule has 15 heavy (non-hydrogen) atoms. The first-order valence-electron chi connectivity index (χ1n) is 6.51. The van der Waals surface area contributed by atoms with Crippen molar-refractivity contribution in [2.45, 2.75) is 52.0 Å². The van der Waals surface area contributed by atoms with E-state index in [1.807, 2.05) is 0 Å². The number of aliphatic hydroxyl groups excluding tert-OH is 1. The number of aliphatic hydroxyl groups is 1. The molecule has 0 heterocycles. The molecule has 0 radical (unpaired) electrons. The van der Waals surface area contributed by atoms with Gasteiger partial charge in [-0.05, 0) is 31.7 Å². The van der Waals surface area contributed by atoms with Gasteiger partial charge in [-0.3, -0.25) is 0 Å². The van der Waals surface area contributed by atoms with Crippen molar-refractivity contribution in [3.8, 4) is 0 Å². The molecule has 0 aromatic carbocycles. The topological polar surface area (TPSA) is 23.5 Å². The zero-order valence-corrected chi connectivity index (χ0v) is 10.6. The van der Waals surface area contributed by atoms with Crippen LogP contribution >= 0.6 is 0 Å². The van der Waals surface area contributed by atoms with Gasteiger partial charge in [0.15, 0.2) is 0 Å². The van der Waals surface area contributed by atoms with Crippen molar-refractivity contribution in [1.29, 1.82) is 0 Å². The summed E-state index contributed by atoms with van der Waals surface area (Å²) in [7, 11) is 2.17. The Morgan fingerprint density at radius 1 is 1.33 bits per heavy atom. The fourth-order valence-corrected chi connectivity index (χ4v) is 2.98. The first-order valence-corrected chi connectivity index (χ1v) is 6.51. The molecule has 3 atom stereocenters. The summed E-state index contributed by atoms with van der Waals surface area (Å²) < 4.78 is 0. The second-order valence-corrected chi connectivity index (χ2v) is 5.11. The maximum atomic E-state index is 9.01. The van der Waals surface area contributed by atoms with E-state index in [2.05, 4.69) is 25.8 Å². The molecule has 2 nitrogen and oxygen atoms in total. The molecule has 1 N–H and O–H groups in total. The fraction of sp³-hybridized carbons (Fsp3) is 1.00. The summed E-state index contributed by atoms with van der Waals surface area (Å²) in [6.45, 7) is 5.80. The van der Waals surface area contributed by atoms with Crippen LogP contribution in [0.25, 0.3) is 0 Å². The maximum absolute atomic E-state index is 9.01. The van der Waals surface area contributed by atoms with Crippen LogP contribution in [0, 0.1) is 11.8 Å². The van der Waals surface area contributed by atoms with Gasteiger partial charge in [-0.25, -0.2) is 0 Å². The fourth-order valence-electron chi connectivity index (χ4n) is 2.98. The lowest BCUT2D eigenvalue weighted by Crippen LogP contribution is -2.43. The lowest BCUT2D eigenvalue weighted by Gasteiger charge is -2.40. The third-order valence-corrected chi connectivity index (χ3v) is 4.18.